The molecule has 1 saturated heterocycles. The number of aromatic nitrogens is 3. The normalized spacial score (nSPS) is 18.5. The smallest absolute Gasteiger partial charge is 0.327 e. The third-order valence-corrected chi connectivity index (χ3v) is 4.32. The van der Waals surface area contributed by atoms with Crippen molar-refractivity contribution in [3.8, 4) is 6.01 Å². The molecule has 1 aliphatic heterocycles. The van der Waals surface area contributed by atoms with E-state index in [1.165, 1.54) is 11.0 Å². The predicted octanol–water partition coefficient (Wildman–Crippen LogP) is 3.08. The Hall–Kier alpha value is -1.94. The van der Waals surface area contributed by atoms with Crippen molar-refractivity contribution in [3.63, 3.8) is 0 Å². The van der Waals surface area contributed by atoms with E-state index in [1.54, 1.807) is 18.2 Å². The molecule has 0 atom stereocenters. The molecule has 26 heavy (non-hydrogen) atoms. The highest BCUT2D eigenvalue weighted by Gasteiger charge is 2.44. The maximum absolute atomic E-state index is 10.4. The van der Waals surface area contributed by atoms with Gasteiger partial charge in [-0.15, -0.1) is 15.2 Å². The molecule has 0 saturated carbocycles. The number of rotatable bonds is 5. The zero-order valence-corrected chi connectivity index (χ0v) is 15.5. The summed E-state index contributed by atoms with van der Waals surface area (Å²) in [7, 11) is 0. The second-order valence-electron chi connectivity index (χ2n) is 6.66. The van der Waals surface area contributed by atoms with Gasteiger partial charge in [-0.2, -0.15) is 4.98 Å². The second-order valence-corrected chi connectivity index (χ2v) is 7.50. The van der Waals surface area contributed by atoms with E-state index in [-0.39, 0.29) is 18.0 Å². The van der Waals surface area contributed by atoms with E-state index in [4.69, 9.17) is 32.7 Å². The maximum Gasteiger partial charge on any atom is 0.327 e. The largest absolute Gasteiger partial charge is 0.344 e. The number of nitrogens with zero attached hydrogens (tertiary/aromatic N) is 4. The molecule has 1 fully saturated rings. The fourth-order valence-electron chi connectivity index (χ4n) is 2.51. The van der Waals surface area contributed by atoms with Gasteiger partial charge in [0.2, 0.25) is 5.79 Å². The van der Waals surface area contributed by atoms with Gasteiger partial charge in [-0.1, -0.05) is 43.1 Å². The zero-order chi connectivity index (χ0) is 18.9. The topological polar surface area (TPSA) is 102 Å². The quantitative estimate of drug-likeness (QED) is 0.559. The van der Waals surface area contributed by atoms with Crippen LogP contribution in [0.3, 0.4) is 0 Å². The van der Waals surface area contributed by atoms with Gasteiger partial charge in [-0.3, -0.25) is 0 Å². The summed E-state index contributed by atoms with van der Waals surface area (Å²) < 4.78 is 13.5. The Balaban J connectivity index is 1.93. The lowest BCUT2D eigenvalue weighted by Gasteiger charge is -2.43. The third kappa shape index (κ3) is 4.07. The Bertz CT molecular complexity index is 816. The summed E-state index contributed by atoms with van der Waals surface area (Å²) >= 11 is 12.3. The minimum absolute atomic E-state index is 0.0680. The SMILES string of the molecule is CC1(C)COC(Cn2cnc(O[N+](=O)[O-])n2)(c2ccc(Cl)cc2Cl)OC1. The van der Waals surface area contributed by atoms with E-state index in [0.717, 1.165) is 0 Å². The highest BCUT2D eigenvalue weighted by Crippen LogP contribution is 2.41. The van der Waals surface area contributed by atoms with E-state index in [2.05, 4.69) is 14.9 Å². The molecule has 1 aromatic carbocycles. The lowest BCUT2D eigenvalue weighted by molar-refractivity contribution is -0.713. The standard InChI is InChI=1S/C15H16Cl2N4O5/c1-14(2)7-24-15(25-8-14,11-4-3-10(16)5-12(11)17)6-20-9-18-13(19-20)26-21(22)23/h3-5,9H,6-8H2,1-2H3. The summed E-state index contributed by atoms with van der Waals surface area (Å²) in [5.74, 6) is -1.24. The van der Waals surface area contributed by atoms with Gasteiger partial charge >= 0.3 is 11.1 Å². The van der Waals surface area contributed by atoms with Crippen LogP contribution in [0.1, 0.15) is 19.4 Å². The van der Waals surface area contributed by atoms with Gasteiger partial charge < -0.3 is 9.47 Å². The van der Waals surface area contributed by atoms with Gasteiger partial charge in [-0.05, 0) is 12.1 Å². The predicted molar refractivity (Wildman–Crippen MR) is 91.5 cm³/mol. The minimum Gasteiger partial charge on any atom is -0.344 e. The summed E-state index contributed by atoms with van der Waals surface area (Å²) in [5.41, 5.74) is 0.399. The molecule has 0 amide bonds. The molecule has 0 radical (unpaired) electrons. The monoisotopic (exact) mass is 402 g/mol. The van der Waals surface area contributed by atoms with E-state index >= 15 is 0 Å². The summed E-state index contributed by atoms with van der Waals surface area (Å²) in [6.07, 6.45) is 1.29. The molecule has 9 nitrogen and oxygen atoms in total. The number of hydrogen-bond donors (Lipinski definition) is 0. The molecule has 2 aromatic rings. The van der Waals surface area contributed by atoms with Crippen molar-refractivity contribution in [2.24, 2.45) is 5.41 Å². The fourth-order valence-corrected chi connectivity index (χ4v) is 3.07. The summed E-state index contributed by atoms with van der Waals surface area (Å²) in [6, 6.07) is 4.60. The van der Waals surface area contributed by atoms with Gasteiger partial charge in [0.25, 0.3) is 0 Å². The first kappa shape index (κ1) is 18.8. The average molecular weight is 403 g/mol. The molecule has 0 aliphatic carbocycles. The van der Waals surface area contributed by atoms with Gasteiger partial charge in [0, 0.05) is 16.0 Å². The van der Waals surface area contributed by atoms with Crippen molar-refractivity contribution in [3.05, 3.63) is 50.2 Å². The third-order valence-electron chi connectivity index (χ3n) is 3.78. The molecule has 0 unspecified atom stereocenters. The van der Waals surface area contributed by atoms with E-state index < -0.39 is 10.9 Å². The summed E-state index contributed by atoms with van der Waals surface area (Å²) in [4.78, 5) is 18.4. The van der Waals surface area contributed by atoms with Crippen LogP contribution in [0.5, 0.6) is 6.01 Å². The first-order chi connectivity index (χ1) is 12.2. The Kier molecular flexibility index (Phi) is 5.07. The Labute approximate surface area is 158 Å². The number of hydrogen-bond acceptors (Lipinski definition) is 7. The summed E-state index contributed by atoms with van der Waals surface area (Å²) in [6.45, 7) is 4.92. The lowest BCUT2D eigenvalue weighted by Crippen LogP contribution is -2.48. The van der Waals surface area contributed by atoms with Crippen molar-refractivity contribution in [2.75, 3.05) is 13.2 Å². The molecule has 1 aromatic heterocycles. The van der Waals surface area contributed by atoms with Crippen LogP contribution in [-0.2, 0) is 21.8 Å². The minimum atomic E-state index is -1.24. The van der Waals surface area contributed by atoms with Crippen molar-refractivity contribution in [1.82, 2.24) is 14.8 Å². The first-order valence-electron chi connectivity index (χ1n) is 7.64. The highest BCUT2D eigenvalue weighted by molar-refractivity contribution is 6.35. The second kappa shape index (κ2) is 6.99. The molecular formula is C15H16Cl2N4O5. The van der Waals surface area contributed by atoms with Crippen LogP contribution >= 0.6 is 23.2 Å². The lowest BCUT2D eigenvalue weighted by atomic mass is 9.93. The molecule has 1 aliphatic rings. The highest BCUT2D eigenvalue weighted by atomic mass is 35.5. The molecular weight excluding hydrogens is 387 g/mol. The maximum atomic E-state index is 10.4. The van der Waals surface area contributed by atoms with Crippen LogP contribution in [0.2, 0.25) is 10.0 Å². The molecule has 0 N–H and O–H groups in total. The molecule has 2 heterocycles. The number of halogens is 2. The van der Waals surface area contributed by atoms with E-state index in [9.17, 15) is 10.1 Å². The van der Waals surface area contributed by atoms with Crippen LogP contribution in [0.15, 0.2) is 24.5 Å². The van der Waals surface area contributed by atoms with Crippen molar-refractivity contribution in [1.29, 1.82) is 0 Å². The number of ether oxygens (including phenoxy) is 2. The van der Waals surface area contributed by atoms with Crippen LogP contribution in [-0.4, -0.2) is 33.1 Å². The van der Waals surface area contributed by atoms with Crippen molar-refractivity contribution in [2.45, 2.75) is 26.2 Å². The Morgan fingerprint density at radius 3 is 2.65 bits per heavy atom. The van der Waals surface area contributed by atoms with Gasteiger partial charge in [0.15, 0.2) is 0 Å². The van der Waals surface area contributed by atoms with Crippen LogP contribution in [0.4, 0.5) is 0 Å². The van der Waals surface area contributed by atoms with Crippen LogP contribution in [0, 0.1) is 15.5 Å². The zero-order valence-electron chi connectivity index (χ0n) is 14.0. The van der Waals surface area contributed by atoms with Crippen LogP contribution < -0.4 is 4.84 Å². The number of benzene rings is 1. The molecule has 3 rings (SSSR count). The summed E-state index contributed by atoms with van der Waals surface area (Å²) in [5, 5.41) is 14.2. The van der Waals surface area contributed by atoms with E-state index in [0.29, 0.717) is 28.8 Å². The van der Waals surface area contributed by atoms with Crippen LogP contribution in [0.25, 0.3) is 0 Å². The molecule has 140 valence electrons. The Morgan fingerprint density at radius 2 is 2.04 bits per heavy atom. The fraction of sp³-hybridized carbons (Fsp3) is 0.467. The molecule has 0 spiro atoms. The van der Waals surface area contributed by atoms with Crippen molar-refractivity contribution >= 4 is 23.2 Å². The Morgan fingerprint density at radius 1 is 1.35 bits per heavy atom. The van der Waals surface area contributed by atoms with Gasteiger partial charge in [0.05, 0.1) is 18.2 Å². The van der Waals surface area contributed by atoms with E-state index in [1.807, 2.05) is 13.8 Å². The molecule has 11 heteroatoms. The average Bonchev–Trinajstić information content (AvgIpc) is 2.96. The van der Waals surface area contributed by atoms with Gasteiger partial charge in [-0.25, -0.2) is 9.52 Å². The van der Waals surface area contributed by atoms with Gasteiger partial charge in [0.1, 0.15) is 12.9 Å². The van der Waals surface area contributed by atoms with Crippen molar-refractivity contribution < 1.29 is 19.4 Å². The first-order valence-corrected chi connectivity index (χ1v) is 8.40. The molecule has 0 bridgehead atoms.